The van der Waals surface area contributed by atoms with Gasteiger partial charge < -0.3 is 19.6 Å². The molecule has 1 unspecified atom stereocenters. The van der Waals surface area contributed by atoms with Gasteiger partial charge in [0.15, 0.2) is 11.5 Å². The number of hydrogen-bond acceptors (Lipinski definition) is 6. The molecule has 0 aliphatic heterocycles. The average Bonchev–Trinajstić information content (AvgIpc) is 3.29. The standard InChI is InChI=1S/C26H24BrN3O6/c1-35-24-11-10-21(27)20(25(24)36-15-16-6-8-18(9-7-16)30(33)34)14-29-23(26(31)32)12-17-13-28-22-5-3-2-4-19(17)22/h2-11,13,23,28-29H,12,14-15H2,1H3,(H,31,32). The number of carboxylic acid groups (broad SMARTS) is 1. The minimum atomic E-state index is -0.965. The molecule has 186 valence electrons. The molecule has 10 heteroatoms. The van der Waals surface area contributed by atoms with Crippen LogP contribution >= 0.6 is 15.9 Å². The number of fused-ring (bicyclic) bond motifs is 1. The van der Waals surface area contributed by atoms with Crippen LogP contribution in [-0.4, -0.2) is 34.1 Å². The molecule has 0 saturated heterocycles. The van der Waals surface area contributed by atoms with E-state index in [4.69, 9.17) is 9.47 Å². The van der Waals surface area contributed by atoms with Crippen molar-refractivity contribution in [1.29, 1.82) is 0 Å². The van der Waals surface area contributed by atoms with Gasteiger partial charge in [0.2, 0.25) is 0 Å². The van der Waals surface area contributed by atoms with E-state index < -0.39 is 16.9 Å². The van der Waals surface area contributed by atoms with E-state index in [1.165, 1.54) is 19.2 Å². The summed E-state index contributed by atoms with van der Waals surface area (Å²) < 4.78 is 12.3. The van der Waals surface area contributed by atoms with Crippen molar-refractivity contribution in [3.63, 3.8) is 0 Å². The normalized spacial score (nSPS) is 11.8. The lowest BCUT2D eigenvalue weighted by Crippen LogP contribution is -2.38. The number of non-ortho nitro benzene ring substituents is 1. The number of benzene rings is 3. The number of H-pyrrole nitrogens is 1. The maximum atomic E-state index is 12.1. The Balaban J connectivity index is 1.53. The quantitative estimate of drug-likeness (QED) is 0.172. The molecule has 0 aliphatic rings. The molecular weight excluding hydrogens is 530 g/mol. The zero-order valence-corrected chi connectivity index (χ0v) is 20.9. The van der Waals surface area contributed by atoms with Gasteiger partial charge in [0.05, 0.1) is 12.0 Å². The summed E-state index contributed by atoms with van der Waals surface area (Å²) >= 11 is 3.54. The first-order valence-corrected chi connectivity index (χ1v) is 11.9. The van der Waals surface area contributed by atoms with E-state index in [0.29, 0.717) is 23.5 Å². The highest BCUT2D eigenvalue weighted by molar-refractivity contribution is 9.10. The largest absolute Gasteiger partial charge is 0.493 e. The topological polar surface area (TPSA) is 127 Å². The number of halogens is 1. The lowest BCUT2D eigenvalue weighted by molar-refractivity contribution is -0.384. The highest BCUT2D eigenvalue weighted by atomic mass is 79.9. The first-order valence-electron chi connectivity index (χ1n) is 11.1. The maximum Gasteiger partial charge on any atom is 0.321 e. The van der Waals surface area contributed by atoms with E-state index in [2.05, 4.69) is 26.2 Å². The summed E-state index contributed by atoms with van der Waals surface area (Å²) in [6.45, 7) is 0.349. The summed E-state index contributed by atoms with van der Waals surface area (Å²) in [4.78, 5) is 25.7. The predicted octanol–water partition coefficient (Wildman–Crippen LogP) is 5.21. The number of methoxy groups -OCH3 is 1. The Bertz CT molecular complexity index is 1390. The van der Waals surface area contributed by atoms with Crippen LogP contribution in [0.1, 0.15) is 16.7 Å². The van der Waals surface area contributed by atoms with Crippen molar-refractivity contribution in [3.8, 4) is 11.5 Å². The van der Waals surface area contributed by atoms with Crippen LogP contribution in [-0.2, 0) is 24.4 Å². The highest BCUT2D eigenvalue weighted by Gasteiger charge is 2.22. The molecule has 9 nitrogen and oxygen atoms in total. The van der Waals surface area contributed by atoms with Crippen molar-refractivity contribution >= 4 is 38.5 Å². The Morgan fingerprint density at radius 1 is 1.17 bits per heavy atom. The Kier molecular flexibility index (Phi) is 7.87. The van der Waals surface area contributed by atoms with Gasteiger partial charge in [-0.1, -0.05) is 34.1 Å². The third-order valence-corrected chi connectivity index (χ3v) is 6.58. The lowest BCUT2D eigenvalue weighted by atomic mass is 10.0. The molecule has 36 heavy (non-hydrogen) atoms. The highest BCUT2D eigenvalue weighted by Crippen LogP contribution is 2.37. The smallest absolute Gasteiger partial charge is 0.321 e. The molecule has 3 aromatic carbocycles. The maximum absolute atomic E-state index is 12.1. The molecular formula is C26H24BrN3O6. The zero-order chi connectivity index (χ0) is 25.7. The summed E-state index contributed by atoms with van der Waals surface area (Å²) in [5.74, 6) is -0.0259. The van der Waals surface area contributed by atoms with E-state index >= 15 is 0 Å². The number of aliphatic carboxylic acids is 1. The van der Waals surface area contributed by atoms with E-state index in [1.54, 1.807) is 18.2 Å². The number of aromatic amines is 1. The minimum absolute atomic E-state index is 0.00131. The number of ether oxygens (including phenoxy) is 2. The molecule has 0 fully saturated rings. The molecule has 0 saturated carbocycles. The molecule has 1 aromatic heterocycles. The Hall–Kier alpha value is -3.89. The number of nitro groups is 1. The third kappa shape index (κ3) is 5.67. The van der Waals surface area contributed by atoms with Gasteiger partial charge in [0.1, 0.15) is 12.6 Å². The van der Waals surface area contributed by atoms with Crippen LogP contribution in [0, 0.1) is 10.1 Å². The number of carbonyl (C=O) groups is 1. The first-order chi connectivity index (χ1) is 17.4. The Morgan fingerprint density at radius 3 is 2.61 bits per heavy atom. The number of nitrogens with zero attached hydrogens (tertiary/aromatic N) is 1. The molecule has 1 heterocycles. The monoisotopic (exact) mass is 553 g/mol. The first kappa shape index (κ1) is 25.2. The van der Waals surface area contributed by atoms with Crippen molar-refractivity contribution in [2.24, 2.45) is 0 Å². The molecule has 3 N–H and O–H groups in total. The van der Waals surface area contributed by atoms with Crippen LogP contribution in [0.5, 0.6) is 11.5 Å². The second-order valence-corrected chi connectivity index (χ2v) is 8.96. The third-order valence-electron chi connectivity index (χ3n) is 5.84. The lowest BCUT2D eigenvalue weighted by Gasteiger charge is -2.19. The van der Waals surface area contributed by atoms with E-state index in [0.717, 1.165) is 26.5 Å². The molecule has 0 spiro atoms. The second-order valence-electron chi connectivity index (χ2n) is 8.10. The number of carboxylic acids is 1. The molecule has 1 atom stereocenters. The molecule has 0 bridgehead atoms. The molecule has 4 aromatic rings. The predicted molar refractivity (Wildman–Crippen MR) is 138 cm³/mol. The number of hydrogen-bond donors (Lipinski definition) is 3. The van der Waals surface area contributed by atoms with Crippen molar-refractivity contribution in [3.05, 3.63) is 98.1 Å². The molecule has 4 rings (SSSR count). The van der Waals surface area contributed by atoms with Crippen LogP contribution in [0.2, 0.25) is 0 Å². The van der Waals surface area contributed by atoms with Crippen LogP contribution in [0.3, 0.4) is 0 Å². The number of nitro benzene ring substituents is 1. The molecule has 0 aliphatic carbocycles. The number of rotatable bonds is 11. The van der Waals surface area contributed by atoms with Crippen molar-refractivity contribution in [2.75, 3.05) is 7.11 Å². The fourth-order valence-electron chi connectivity index (χ4n) is 3.93. The van der Waals surface area contributed by atoms with Gasteiger partial charge in [-0.2, -0.15) is 0 Å². The number of nitrogens with one attached hydrogen (secondary N) is 2. The Labute approximate surface area is 215 Å². The summed E-state index contributed by atoms with van der Waals surface area (Å²) in [6.07, 6.45) is 2.13. The van der Waals surface area contributed by atoms with Gasteiger partial charge >= 0.3 is 5.97 Å². The fraction of sp³-hybridized carbons (Fsp3) is 0.192. The SMILES string of the molecule is COc1ccc(Br)c(CNC(Cc2c[nH]c3ccccc23)C(=O)O)c1OCc1ccc([N+](=O)[O-])cc1. The van der Waals surface area contributed by atoms with Crippen LogP contribution in [0.25, 0.3) is 10.9 Å². The van der Waals surface area contributed by atoms with Gasteiger partial charge in [0.25, 0.3) is 5.69 Å². The van der Waals surface area contributed by atoms with Gasteiger partial charge in [-0.3, -0.25) is 20.2 Å². The fourth-order valence-corrected chi connectivity index (χ4v) is 4.38. The van der Waals surface area contributed by atoms with Crippen molar-refractivity contribution < 1.29 is 24.3 Å². The number of aromatic nitrogens is 1. The summed E-state index contributed by atoms with van der Waals surface area (Å²) in [6, 6.07) is 16.6. The number of para-hydroxylation sites is 1. The van der Waals surface area contributed by atoms with Crippen molar-refractivity contribution in [1.82, 2.24) is 10.3 Å². The summed E-state index contributed by atoms with van der Waals surface area (Å²) in [7, 11) is 1.52. The molecule has 0 radical (unpaired) electrons. The van der Waals surface area contributed by atoms with Gasteiger partial charge in [-0.25, -0.2) is 0 Å². The summed E-state index contributed by atoms with van der Waals surface area (Å²) in [5, 5.41) is 24.9. The van der Waals surface area contributed by atoms with Gasteiger partial charge in [-0.05, 0) is 41.5 Å². The van der Waals surface area contributed by atoms with E-state index in [-0.39, 0.29) is 18.8 Å². The van der Waals surface area contributed by atoms with Gasteiger partial charge in [0, 0.05) is 52.2 Å². The van der Waals surface area contributed by atoms with E-state index in [9.17, 15) is 20.0 Å². The van der Waals surface area contributed by atoms with Crippen LogP contribution in [0.4, 0.5) is 5.69 Å². The van der Waals surface area contributed by atoms with Gasteiger partial charge in [-0.15, -0.1) is 0 Å². The van der Waals surface area contributed by atoms with Crippen molar-refractivity contribution in [2.45, 2.75) is 25.6 Å². The van der Waals surface area contributed by atoms with E-state index in [1.807, 2.05) is 36.5 Å². The minimum Gasteiger partial charge on any atom is -0.493 e. The summed E-state index contributed by atoms with van der Waals surface area (Å²) in [5.41, 5.74) is 3.29. The van der Waals surface area contributed by atoms with Crippen LogP contribution < -0.4 is 14.8 Å². The molecule has 0 amide bonds. The van der Waals surface area contributed by atoms with Crippen LogP contribution in [0.15, 0.2) is 71.3 Å². The second kappa shape index (κ2) is 11.2. The average molecular weight is 554 g/mol. The Morgan fingerprint density at radius 2 is 1.92 bits per heavy atom. The zero-order valence-electron chi connectivity index (χ0n) is 19.4.